The molecule has 1 saturated carbocycles. The largest absolute Gasteiger partial charge is 0.484 e. The van der Waals surface area contributed by atoms with E-state index in [4.69, 9.17) is 4.74 Å². The molecule has 0 bridgehead atoms. The Kier molecular flexibility index (Phi) is 8.76. The molecular formula is C29H40N2O3. The highest BCUT2D eigenvalue weighted by molar-refractivity contribution is 5.88. The number of rotatable bonds is 9. The minimum atomic E-state index is -0.527. The number of hydrogen-bond donors (Lipinski definition) is 1. The van der Waals surface area contributed by atoms with Crippen molar-refractivity contribution < 1.29 is 14.3 Å². The fourth-order valence-electron chi connectivity index (χ4n) is 4.46. The predicted octanol–water partition coefficient (Wildman–Crippen LogP) is 5.54. The second-order valence-electron chi connectivity index (χ2n) is 10.5. The molecule has 0 aliphatic heterocycles. The molecule has 2 amide bonds. The lowest BCUT2D eigenvalue weighted by atomic mass is 9.87. The number of carbonyl (C=O) groups is 2. The number of nitrogens with zero attached hydrogens (tertiary/aromatic N) is 1. The second kappa shape index (κ2) is 11.5. The first kappa shape index (κ1) is 25.8. The van der Waals surface area contributed by atoms with Gasteiger partial charge in [0.05, 0.1) is 0 Å². The maximum atomic E-state index is 13.4. The smallest absolute Gasteiger partial charge is 0.261 e. The average Bonchev–Trinajstić information content (AvgIpc) is 3.31. The number of hydrogen-bond acceptors (Lipinski definition) is 3. The molecule has 1 aliphatic rings. The molecule has 0 spiro atoms. The average molecular weight is 465 g/mol. The number of benzene rings is 2. The summed E-state index contributed by atoms with van der Waals surface area (Å²) >= 11 is 0. The molecule has 0 heterocycles. The van der Waals surface area contributed by atoms with E-state index in [1.807, 2.05) is 62.4 Å². The summed E-state index contributed by atoms with van der Waals surface area (Å²) in [5.74, 6) is 0.401. The van der Waals surface area contributed by atoms with Gasteiger partial charge in [-0.15, -0.1) is 0 Å². The Balaban J connectivity index is 1.73. The van der Waals surface area contributed by atoms with Crippen LogP contribution in [0.3, 0.4) is 0 Å². The third-order valence-corrected chi connectivity index (χ3v) is 6.64. The molecule has 1 fully saturated rings. The molecule has 5 heteroatoms. The highest BCUT2D eigenvalue weighted by Gasteiger charge is 2.30. The molecule has 2 aromatic rings. The zero-order valence-corrected chi connectivity index (χ0v) is 21.4. The lowest BCUT2D eigenvalue weighted by Crippen LogP contribution is -2.52. The fourth-order valence-corrected chi connectivity index (χ4v) is 4.46. The Morgan fingerprint density at radius 2 is 1.65 bits per heavy atom. The van der Waals surface area contributed by atoms with E-state index >= 15 is 0 Å². The van der Waals surface area contributed by atoms with Gasteiger partial charge in [-0.05, 0) is 54.9 Å². The molecule has 0 radical (unpaired) electrons. The standard InChI is InChI=1S/C29H40N2O3/c1-6-26(28(33)30-24-9-7-8-10-24)31(19-22-13-11-21(2)12-14-22)27(32)20-34-25-17-15-23(16-18-25)29(3,4)5/h11-18,24,26H,6-10,19-20H2,1-5H3,(H,30,33)/t26-/m0/s1. The molecule has 1 aliphatic carbocycles. The summed E-state index contributed by atoms with van der Waals surface area (Å²) in [4.78, 5) is 28.2. The molecule has 5 nitrogen and oxygen atoms in total. The van der Waals surface area contributed by atoms with Crippen LogP contribution in [0.5, 0.6) is 5.75 Å². The Hall–Kier alpha value is -2.82. The van der Waals surface area contributed by atoms with Crippen LogP contribution in [0.25, 0.3) is 0 Å². The van der Waals surface area contributed by atoms with Crippen LogP contribution < -0.4 is 10.1 Å². The summed E-state index contributed by atoms with van der Waals surface area (Å²) in [5, 5.41) is 3.18. The zero-order chi connectivity index (χ0) is 24.7. The van der Waals surface area contributed by atoms with Crippen molar-refractivity contribution in [2.45, 2.75) is 90.8 Å². The molecule has 184 valence electrons. The lowest BCUT2D eigenvalue weighted by Gasteiger charge is -2.31. The van der Waals surface area contributed by atoms with Crippen molar-refractivity contribution in [1.82, 2.24) is 10.2 Å². The van der Waals surface area contributed by atoms with Crippen LogP contribution in [0, 0.1) is 6.92 Å². The lowest BCUT2D eigenvalue weighted by molar-refractivity contribution is -0.143. The molecule has 0 saturated heterocycles. The summed E-state index contributed by atoms with van der Waals surface area (Å²) in [6.45, 7) is 10.8. The van der Waals surface area contributed by atoms with Crippen LogP contribution in [0.15, 0.2) is 48.5 Å². The van der Waals surface area contributed by atoms with Gasteiger partial charge in [-0.25, -0.2) is 0 Å². The molecule has 1 N–H and O–H groups in total. The van der Waals surface area contributed by atoms with Crippen LogP contribution in [0.1, 0.15) is 76.5 Å². The molecule has 0 aromatic heterocycles. The van der Waals surface area contributed by atoms with Crippen LogP contribution in [-0.2, 0) is 21.5 Å². The number of aryl methyl sites for hydroxylation is 1. The third kappa shape index (κ3) is 7.09. The van der Waals surface area contributed by atoms with Crippen LogP contribution in [-0.4, -0.2) is 35.4 Å². The van der Waals surface area contributed by atoms with E-state index in [0.717, 1.165) is 36.8 Å². The molecule has 3 rings (SSSR count). The van der Waals surface area contributed by atoms with Gasteiger partial charge in [0.25, 0.3) is 5.91 Å². The van der Waals surface area contributed by atoms with Gasteiger partial charge in [-0.1, -0.05) is 82.5 Å². The van der Waals surface area contributed by atoms with Crippen LogP contribution >= 0.6 is 0 Å². The monoisotopic (exact) mass is 464 g/mol. The highest BCUT2D eigenvalue weighted by Crippen LogP contribution is 2.24. The predicted molar refractivity (Wildman–Crippen MR) is 137 cm³/mol. The van der Waals surface area contributed by atoms with Gasteiger partial charge in [0.15, 0.2) is 6.61 Å². The van der Waals surface area contributed by atoms with E-state index in [9.17, 15) is 9.59 Å². The first-order valence-corrected chi connectivity index (χ1v) is 12.6. The van der Waals surface area contributed by atoms with Crippen LogP contribution in [0.4, 0.5) is 0 Å². The second-order valence-corrected chi connectivity index (χ2v) is 10.5. The number of ether oxygens (including phenoxy) is 1. The molecule has 34 heavy (non-hydrogen) atoms. The highest BCUT2D eigenvalue weighted by atomic mass is 16.5. The molecule has 2 aromatic carbocycles. The first-order chi connectivity index (χ1) is 16.2. The molecule has 0 unspecified atom stereocenters. The minimum Gasteiger partial charge on any atom is -0.484 e. The number of nitrogens with one attached hydrogen (secondary N) is 1. The maximum Gasteiger partial charge on any atom is 0.261 e. The summed E-state index contributed by atoms with van der Waals surface area (Å²) < 4.78 is 5.86. The molecule has 1 atom stereocenters. The van der Waals surface area contributed by atoms with Crippen molar-refractivity contribution in [3.63, 3.8) is 0 Å². The van der Waals surface area contributed by atoms with Gasteiger partial charge in [-0.2, -0.15) is 0 Å². The van der Waals surface area contributed by atoms with Gasteiger partial charge < -0.3 is 15.0 Å². The van der Waals surface area contributed by atoms with E-state index in [0.29, 0.717) is 18.7 Å². The van der Waals surface area contributed by atoms with E-state index in [-0.39, 0.29) is 29.9 Å². The van der Waals surface area contributed by atoms with Crippen molar-refractivity contribution in [2.24, 2.45) is 0 Å². The number of amides is 2. The topological polar surface area (TPSA) is 58.6 Å². The van der Waals surface area contributed by atoms with Gasteiger partial charge in [-0.3, -0.25) is 9.59 Å². The first-order valence-electron chi connectivity index (χ1n) is 12.6. The SMILES string of the molecule is CC[C@@H](C(=O)NC1CCCC1)N(Cc1ccc(C)cc1)C(=O)COc1ccc(C(C)(C)C)cc1. The van der Waals surface area contributed by atoms with E-state index in [1.165, 1.54) is 5.56 Å². The van der Waals surface area contributed by atoms with Gasteiger partial charge in [0.2, 0.25) is 5.91 Å². The Bertz CT molecular complexity index is 939. The van der Waals surface area contributed by atoms with Crippen LogP contribution in [0.2, 0.25) is 0 Å². The summed E-state index contributed by atoms with van der Waals surface area (Å²) in [7, 11) is 0. The van der Waals surface area contributed by atoms with Crippen molar-refractivity contribution in [3.8, 4) is 5.75 Å². The van der Waals surface area contributed by atoms with Gasteiger partial charge in [0, 0.05) is 12.6 Å². The fraction of sp³-hybridized carbons (Fsp3) is 0.517. The molecular weight excluding hydrogens is 424 g/mol. The van der Waals surface area contributed by atoms with E-state index < -0.39 is 6.04 Å². The summed E-state index contributed by atoms with van der Waals surface area (Å²) in [6.07, 6.45) is 4.88. The Morgan fingerprint density at radius 1 is 1.03 bits per heavy atom. The Morgan fingerprint density at radius 3 is 2.21 bits per heavy atom. The van der Waals surface area contributed by atoms with Crippen molar-refractivity contribution in [2.75, 3.05) is 6.61 Å². The quantitative estimate of drug-likeness (QED) is 0.530. The summed E-state index contributed by atoms with van der Waals surface area (Å²) in [6, 6.07) is 15.7. The Labute approximate surface area is 204 Å². The third-order valence-electron chi connectivity index (χ3n) is 6.64. The maximum absolute atomic E-state index is 13.4. The minimum absolute atomic E-state index is 0.0558. The summed E-state index contributed by atoms with van der Waals surface area (Å²) in [5.41, 5.74) is 3.43. The van der Waals surface area contributed by atoms with Crippen molar-refractivity contribution in [3.05, 3.63) is 65.2 Å². The zero-order valence-electron chi connectivity index (χ0n) is 21.4. The van der Waals surface area contributed by atoms with E-state index in [1.54, 1.807) is 4.90 Å². The van der Waals surface area contributed by atoms with Gasteiger partial charge in [0.1, 0.15) is 11.8 Å². The van der Waals surface area contributed by atoms with Gasteiger partial charge >= 0.3 is 0 Å². The van der Waals surface area contributed by atoms with E-state index in [2.05, 4.69) is 26.1 Å². The van der Waals surface area contributed by atoms with Crippen molar-refractivity contribution >= 4 is 11.8 Å². The normalized spacial score (nSPS) is 15.1. The number of carbonyl (C=O) groups excluding carboxylic acids is 2. The van der Waals surface area contributed by atoms with Crippen molar-refractivity contribution in [1.29, 1.82) is 0 Å².